The molecule has 3 N–H and O–H groups in total. The standard InChI is InChI=1S/C20H27N5O4/c21-25-23-13-17(11-19(27)28)24-20(29)16-8-5-15(6-9-16)12-22-18(26)10-7-14-3-1-2-4-14/h5-6,8-9,14,17H,1-4,7,10-13H2,(H,22,26)(H,24,29)(H,27,28)/t17-/m0/s1. The van der Waals surface area contributed by atoms with Gasteiger partial charge in [0.2, 0.25) is 5.91 Å². The first-order chi connectivity index (χ1) is 14.0. The van der Waals surface area contributed by atoms with E-state index in [1.165, 1.54) is 25.7 Å². The van der Waals surface area contributed by atoms with Gasteiger partial charge in [-0.15, -0.1) is 0 Å². The molecule has 2 rings (SSSR count). The van der Waals surface area contributed by atoms with Crippen LogP contribution in [0.2, 0.25) is 0 Å². The summed E-state index contributed by atoms with van der Waals surface area (Å²) in [5, 5.41) is 17.7. The Hall–Kier alpha value is -3.06. The number of aliphatic carboxylic acids is 1. The van der Waals surface area contributed by atoms with Crippen LogP contribution in [0.25, 0.3) is 10.4 Å². The van der Waals surface area contributed by atoms with Crippen LogP contribution >= 0.6 is 0 Å². The third-order valence-corrected chi connectivity index (χ3v) is 5.08. The first kappa shape index (κ1) is 22.2. The van der Waals surface area contributed by atoms with Crippen LogP contribution in [0.5, 0.6) is 0 Å². The Morgan fingerprint density at radius 1 is 1.21 bits per heavy atom. The summed E-state index contributed by atoms with van der Waals surface area (Å²) < 4.78 is 0. The molecule has 1 aliphatic rings. The largest absolute Gasteiger partial charge is 0.481 e. The molecule has 1 atom stereocenters. The van der Waals surface area contributed by atoms with Crippen molar-refractivity contribution >= 4 is 17.8 Å². The molecule has 0 unspecified atom stereocenters. The Balaban J connectivity index is 1.79. The van der Waals surface area contributed by atoms with Gasteiger partial charge in [0.1, 0.15) is 0 Å². The number of carbonyl (C=O) groups is 3. The second-order valence-electron chi connectivity index (χ2n) is 7.34. The van der Waals surface area contributed by atoms with Crippen LogP contribution < -0.4 is 10.6 Å². The molecule has 0 aliphatic heterocycles. The fourth-order valence-corrected chi connectivity index (χ4v) is 3.47. The van der Waals surface area contributed by atoms with Crippen molar-refractivity contribution in [3.05, 3.63) is 45.8 Å². The van der Waals surface area contributed by atoms with Gasteiger partial charge >= 0.3 is 5.97 Å². The van der Waals surface area contributed by atoms with Gasteiger partial charge in [-0.05, 0) is 35.6 Å². The van der Waals surface area contributed by atoms with Crippen LogP contribution in [0.1, 0.15) is 60.9 Å². The van der Waals surface area contributed by atoms with Crippen molar-refractivity contribution in [1.29, 1.82) is 0 Å². The maximum Gasteiger partial charge on any atom is 0.305 e. The Kier molecular flexibility index (Phi) is 8.98. The highest BCUT2D eigenvalue weighted by molar-refractivity contribution is 5.94. The van der Waals surface area contributed by atoms with E-state index in [1.807, 2.05) is 0 Å². The van der Waals surface area contributed by atoms with E-state index in [1.54, 1.807) is 24.3 Å². The molecule has 29 heavy (non-hydrogen) atoms. The summed E-state index contributed by atoms with van der Waals surface area (Å²) in [6, 6.07) is 5.92. The van der Waals surface area contributed by atoms with Crippen molar-refractivity contribution < 1.29 is 19.5 Å². The number of nitrogens with zero attached hydrogens (tertiary/aromatic N) is 3. The number of rotatable bonds is 11. The second kappa shape index (κ2) is 11.7. The van der Waals surface area contributed by atoms with Gasteiger partial charge in [0, 0.05) is 36.0 Å². The fourth-order valence-electron chi connectivity index (χ4n) is 3.47. The zero-order chi connectivity index (χ0) is 21.1. The molecule has 9 nitrogen and oxygen atoms in total. The minimum atomic E-state index is -1.09. The molecular weight excluding hydrogens is 374 g/mol. The van der Waals surface area contributed by atoms with Crippen LogP contribution in [0.3, 0.4) is 0 Å². The van der Waals surface area contributed by atoms with E-state index in [-0.39, 0.29) is 18.9 Å². The number of amides is 2. The van der Waals surface area contributed by atoms with E-state index >= 15 is 0 Å². The highest BCUT2D eigenvalue weighted by Crippen LogP contribution is 2.28. The average Bonchev–Trinajstić information content (AvgIpc) is 3.22. The molecule has 1 aliphatic carbocycles. The Labute approximate surface area is 169 Å². The van der Waals surface area contributed by atoms with Gasteiger partial charge in [0.25, 0.3) is 5.91 Å². The lowest BCUT2D eigenvalue weighted by atomic mass is 10.0. The third-order valence-electron chi connectivity index (χ3n) is 5.08. The van der Waals surface area contributed by atoms with Gasteiger partial charge in [0.05, 0.1) is 6.42 Å². The summed E-state index contributed by atoms with van der Waals surface area (Å²) in [7, 11) is 0. The molecule has 2 amide bonds. The van der Waals surface area contributed by atoms with Crippen LogP contribution in [-0.2, 0) is 16.1 Å². The normalized spacial score (nSPS) is 14.6. The van der Waals surface area contributed by atoms with Crippen LogP contribution in [-0.4, -0.2) is 35.5 Å². The second-order valence-corrected chi connectivity index (χ2v) is 7.34. The zero-order valence-corrected chi connectivity index (χ0v) is 16.3. The van der Waals surface area contributed by atoms with Crippen molar-refractivity contribution in [2.45, 2.75) is 57.5 Å². The number of hydrogen-bond acceptors (Lipinski definition) is 4. The number of carboxylic acids is 1. The van der Waals surface area contributed by atoms with Crippen molar-refractivity contribution in [1.82, 2.24) is 10.6 Å². The van der Waals surface area contributed by atoms with Gasteiger partial charge < -0.3 is 15.7 Å². The maximum atomic E-state index is 12.3. The maximum absolute atomic E-state index is 12.3. The monoisotopic (exact) mass is 401 g/mol. The Bertz CT molecular complexity index is 749. The van der Waals surface area contributed by atoms with Crippen LogP contribution in [0.4, 0.5) is 0 Å². The van der Waals surface area contributed by atoms with E-state index in [2.05, 4.69) is 20.7 Å². The number of carboxylic acid groups (broad SMARTS) is 1. The van der Waals surface area contributed by atoms with Crippen molar-refractivity contribution in [2.24, 2.45) is 11.0 Å². The number of hydrogen-bond donors (Lipinski definition) is 3. The van der Waals surface area contributed by atoms with Crippen molar-refractivity contribution in [3.8, 4) is 0 Å². The average molecular weight is 401 g/mol. The van der Waals surface area contributed by atoms with Crippen molar-refractivity contribution in [2.75, 3.05) is 6.54 Å². The number of benzene rings is 1. The van der Waals surface area contributed by atoms with Gasteiger partial charge in [-0.2, -0.15) is 0 Å². The number of carbonyl (C=O) groups excluding carboxylic acids is 2. The van der Waals surface area contributed by atoms with Crippen LogP contribution in [0.15, 0.2) is 29.4 Å². The SMILES string of the molecule is [N-]=[N+]=NC[C@H](CC(=O)O)NC(=O)c1ccc(CNC(=O)CCC2CCCC2)cc1. The minimum absolute atomic E-state index is 0.0354. The molecule has 156 valence electrons. The zero-order valence-electron chi connectivity index (χ0n) is 16.3. The Morgan fingerprint density at radius 3 is 2.52 bits per heavy atom. The van der Waals surface area contributed by atoms with E-state index < -0.39 is 17.9 Å². The highest BCUT2D eigenvalue weighted by Gasteiger charge is 2.17. The molecule has 1 aromatic rings. The third kappa shape index (κ3) is 8.23. The van der Waals surface area contributed by atoms with E-state index in [0.717, 1.165) is 12.0 Å². The first-order valence-corrected chi connectivity index (χ1v) is 9.87. The van der Waals surface area contributed by atoms with E-state index in [4.69, 9.17) is 10.6 Å². The summed E-state index contributed by atoms with van der Waals surface area (Å²) >= 11 is 0. The molecule has 0 aromatic heterocycles. The summed E-state index contributed by atoms with van der Waals surface area (Å²) in [5.41, 5.74) is 9.60. The Morgan fingerprint density at radius 2 is 1.90 bits per heavy atom. The number of azide groups is 1. The van der Waals surface area contributed by atoms with Crippen molar-refractivity contribution in [3.63, 3.8) is 0 Å². The van der Waals surface area contributed by atoms with E-state index in [9.17, 15) is 14.4 Å². The molecule has 1 fully saturated rings. The molecule has 1 saturated carbocycles. The molecule has 0 heterocycles. The molecule has 0 bridgehead atoms. The summed E-state index contributed by atoms with van der Waals surface area (Å²) in [6.07, 6.45) is 6.15. The summed E-state index contributed by atoms with van der Waals surface area (Å²) in [4.78, 5) is 37.7. The van der Waals surface area contributed by atoms with Gasteiger partial charge in [-0.3, -0.25) is 14.4 Å². The highest BCUT2D eigenvalue weighted by atomic mass is 16.4. The fraction of sp³-hybridized carbons (Fsp3) is 0.550. The lowest BCUT2D eigenvalue weighted by Gasteiger charge is -2.14. The predicted molar refractivity (Wildman–Crippen MR) is 107 cm³/mol. The van der Waals surface area contributed by atoms with Gasteiger partial charge in [-0.25, -0.2) is 0 Å². The quantitative estimate of drug-likeness (QED) is 0.297. The number of nitrogens with one attached hydrogen (secondary N) is 2. The topological polar surface area (TPSA) is 144 Å². The smallest absolute Gasteiger partial charge is 0.305 e. The van der Waals surface area contributed by atoms with Gasteiger partial charge in [0.15, 0.2) is 0 Å². The van der Waals surface area contributed by atoms with Gasteiger partial charge in [-0.1, -0.05) is 42.9 Å². The molecule has 0 spiro atoms. The molecular formula is C20H27N5O4. The first-order valence-electron chi connectivity index (χ1n) is 9.87. The lowest BCUT2D eigenvalue weighted by molar-refractivity contribution is -0.137. The molecule has 0 saturated heterocycles. The molecule has 9 heteroatoms. The summed E-state index contributed by atoms with van der Waals surface area (Å²) in [5.74, 6) is -0.824. The minimum Gasteiger partial charge on any atom is -0.481 e. The predicted octanol–water partition coefficient (Wildman–Crippen LogP) is 3.16. The molecule has 1 aromatic carbocycles. The van der Waals surface area contributed by atoms with E-state index in [0.29, 0.717) is 24.4 Å². The molecule has 0 radical (unpaired) electrons. The lowest BCUT2D eigenvalue weighted by Crippen LogP contribution is -2.38. The summed E-state index contributed by atoms with van der Waals surface area (Å²) in [6.45, 7) is 0.253. The van der Waals surface area contributed by atoms with Crippen LogP contribution in [0, 0.1) is 5.92 Å².